The summed E-state index contributed by atoms with van der Waals surface area (Å²) in [6, 6.07) is 21.5. The van der Waals surface area contributed by atoms with Crippen LogP contribution in [-0.4, -0.2) is 55.8 Å². The van der Waals surface area contributed by atoms with Crippen LogP contribution in [0.3, 0.4) is 0 Å². The van der Waals surface area contributed by atoms with Crippen molar-refractivity contribution >= 4 is 22.4 Å². The number of hydrogen-bond acceptors (Lipinski definition) is 7. The van der Waals surface area contributed by atoms with Crippen molar-refractivity contribution in [3.63, 3.8) is 0 Å². The molecule has 0 fully saturated rings. The number of halogens is 1. The van der Waals surface area contributed by atoms with Crippen LogP contribution in [0, 0.1) is 0 Å². The second-order valence-electron chi connectivity index (χ2n) is 9.96. The highest BCUT2D eigenvalue weighted by atomic mass is 35.5. The smallest absolute Gasteiger partial charge is 0.271 e. The van der Waals surface area contributed by atoms with Gasteiger partial charge in [0.15, 0.2) is 11.5 Å². The van der Waals surface area contributed by atoms with Gasteiger partial charge in [0.05, 0.1) is 32.4 Å². The predicted molar refractivity (Wildman–Crippen MR) is 164 cm³/mol. The molecule has 228 valence electrons. The number of carbonyl (C=O) groups excluding carboxylic acids is 1. The topological polar surface area (TPSA) is 120 Å². The minimum absolute atomic E-state index is 0. The first kappa shape index (κ1) is 31.9. The fourth-order valence-corrected chi connectivity index (χ4v) is 4.93. The van der Waals surface area contributed by atoms with Crippen LogP contribution in [0.5, 0.6) is 23.0 Å². The summed E-state index contributed by atoms with van der Waals surface area (Å²) in [5.74, 6) is 1.34. The van der Waals surface area contributed by atoms with E-state index in [4.69, 9.17) is 18.9 Å². The lowest BCUT2D eigenvalue weighted by molar-refractivity contribution is -0.254. The predicted octanol–water partition coefficient (Wildman–Crippen LogP) is 1.24. The number of carbonyl (C=O) groups is 1. The van der Waals surface area contributed by atoms with E-state index < -0.39 is 0 Å². The van der Waals surface area contributed by atoms with Crippen molar-refractivity contribution in [2.45, 2.75) is 6.61 Å². The van der Waals surface area contributed by atoms with Crippen LogP contribution >= 0.6 is 0 Å². The number of methoxy groups -OCH3 is 3. The summed E-state index contributed by atoms with van der Waals surface area (Å²) < 4.78 is 24.3. The van der Waals surface area contributed by atoms with Crippen molar-refractivity contribution in [3.8, 4) is 39.8 Å². The fraction of sp³-hybridized carbons (Fsp3) is 0.182. The molecular formula is C33H33ClN4O6. The number of quaternary nitrogens is 1. The molecule has 5 aromatic rings. The SMILES string of the molecule is COc1cc(-c2c(C(=O)N(C)C)n(-c3ccc([NH3+])cc3)c(=O)c3cc(OCc4ccccn4)ccc23)cc(OC)c1OC.[Cl-]. The van der Waals surface area contributed by atoms with E-state index in [1.807, 2.05) is 18.2 Å². The summed E-state index contributed by atoms with van der Waals surface area (Å²) in [6.07, 6.45) is 1.70. The normalized spacial score (nSPS) is 10.6. The zero-order chi connectivity index (χ0) is 30.7. The van der Waals surface area contributed by atoms with Gasteiger partial charge in [-0.3, -0.25) is 19.1 Å². The number of nitrogens with zero attached hydrogens (tertiary/aromatic N) is 3. The Morgan fingerprint density at radius 1 is 0.886 bits per heavy atom. The van der Waals surface area contributed by atoms with E-state index in [1.165, 1.54) is 30.8 Å². The number of benzene rings is 3. The maximum absolute atomic E-state index is 14.4. The summed E-state index contributed by atoms with van der Waals surface area (Å²) in [4.78, 5) is 34.1. The van der Waals surface area contributed by atoms with E-state index in [-0.39, 0.29) is 36.2 Å². The van der Waals surface area contributed by atoms with Crippen LogP contribution in [0.2, 0.25) is 0 Å². The number of pyridine rings is 2. The number of aromatic nitrogens is 2. The molecule has 0 radical (unpaired) electrons. The summed E-state index contributed by atoms with van der Waals surface area (Å²) in [5.41, 5.74) is 6.90. The number of amides is 1. The van der Waals surface area contributed by atoms with Gasteiger partial charge in [0.25, 0.3) is 11.5 Å². The second-order valence-corrected chi connectivity index (χ2v) is 9.96. The van der Waals surface area contributed by atoms with Crippen LogP contribution in [0.4, 0.5) is 5.69 Å². The van der Waals surface area contributed by atoms with E-state index in [0.717, 1.165) is 11.4 Å². The highest BCUT2D eigenvalue weighted by molar-refractivity contribution is 6.09. The maximum Gasteiger partial charge on any atom is 0.271 e. The molecule has 11 heteroatoms. The standard InChI is InChI=1S/C33H32N4O6.ClH/c1-36(2)33(39)30-29(20-16-27(40-3)31(42-5)28(17-20)41-4)25-14-13-24(43-19-22-8-6-7-15-35-22)18-26(25)32(38)37(30)23-11-9-21(34)10-12-23;/h6-18H,19,34H2,1-5H3;1H. The molecule has 3 N–H and O–H groups in total. The lowest BCUT2D eigenvalue weighted by atomic mass is 9.95. The summed E-state index contributed by atoms with van der Waals surface area (Å²) in [7, 11) is 7.87. The van der Waals surface area contributed by atoms with E-state index in [1.54, 1.807) is 74.9 Å². The lowest BCUT2D eigenvalue weighted by Gasteiger charge is -2.23. The van der Waals surface area contributed by atoms with Crippen molar-refractivity contribution in [2.24, 2.45) is 0 Å². The molecular weight excluding hydrogens is 584 g/mol. The first-order chi connectivity index (χ1) is 20.8. The number of ether oxygens (including phenoxy) is 4. The first-order valence-electron chi connectivity index (χ1n) is 13.5. The third kappa shape index (κ3) is 6.03. The van der Waals surface area contributed by atoms with Gasteiger partial charge in [0.1, 0.15) is 23.7 Å². The fourth-order valence-electron chi connectivity index (χ4n) is 4.93. The molecule has 0 aliphatic heterocycles. The Kier molecular flexibility index (Phi) is 9.77. The van der Waals surface area contributed by atoms with Gasteiger partial charge in [-0.25, -0.2) is 0 Å². The maximum atomic E-state index is 14.4. The molecule has 0 saturated heterocycles. The Balaban J connectivity index is 0.00000442. The molecule has 2 aromatic heterocycles. The zero-order valence-corrected chi connectivity index (χ0v) is 25.8. The third-order valence-corrected chi connectivity index (χ3v) is 7.02. The van der Waals surface area contributed by atoms with Gasteiger partial charge in [0, 0.05) is 43.7 Å². The average Bonchev–Trinajstić information content (AvgIpc) is 3.03. The number of hydrogen-bond donors (Lipinski definition) is 1. The average molecular weight is 617 g/mol. The molecule has 44 heavy (non-hydrogen) atoms. The van der Waals surface area contributed by atoms with Gasteiger partial charge < -0.3 is 42.0 Å². The molecule has 0 bridgehead atoms. The van der Waals surface area contributed by atoms with Crippen LogP contribution < -0.4 is 42.6 Å². The van der Waals surface area contributed by atoms with Gasteiger partial charge >= 0.3 is 0 Å². The van der Waals surface area contributed by atoms with Crippen LogP contribution in [0.15, 0.2) is 83.8 Å². The van der Waals surface area contributed by atoms with Gasteiger partial charge in [0.2, 0.25) is 5.75 Å². The molecule has 0 aliphatic rings. The van der Waals surface area contributed by atoms with Crippen LogP contribution in [-0.2, 0) is 6.61 Å². The number of rotatable bonds is 9. The van der Waals surface area contributed by atoms with E-state index in [0.29, 0.717) is 50.6 Å². The van der Waals surface area contributed by atoms with Crippen molar-refractivity contribution in [3.05, 3.63) is 101 Å². The Morgan fingerprint density at radius 2 is 1.57 bits per heavy atom. The highest BCUT2D eigenvalue weighted by Gasteiger charge is 2.27. The molecule has 10 nitrogen and oxygen atoms in total. The van der Waals surface area contributed by atoms with Crippen molar-refractivity contribution < 1.29 is 41.9 Å². The van der Waals surface area contributed by atoms with Crippen molar-refractivity contribution in [1.29, 1.82) is 0 Å². The molecule has 5 rings (SSSR count). The zero-order valence-electron chi connectivity index (χ0n) is 25.1. The Hall–Kier alpha value is -5.06. The lowest BCUT2D eigenvalue weighted by Crippen LogP contribution is -3.00. The molecule has 2 heterocycles. The van der Waals surface area contributed by atoms with Gasteiger partial charge in [-0.05, 0) is 65.5 Å². The highest BCUT2D eigenvalue weighted by Crippen LogP contribution is 2.44. The third-order valence-electron chi connectivity index (χ3n) is 7.02. The minimum atomic E-state index is -0.378. The van der Waals surface area contributed by atoms with Gasteiger partial charge in [-0.15, -0.1) is 0 Å². The minimum Gasteiger partial charge on any atom is -1.00 e. The summed E-state index contributed by atoms with van der Waals surface area (Å²) in [6.45, 7) is 0.225. The Labute approximate surface area is 261 Å². The molecule has 0 atom stereocenters. The van der Waals surface area contributed by atoms with E-state index >= 15 is 0 Å². The molecule has 1 amide bonds. The Morgan fingerprint density at radius 3 is 2.14 bits per heavy atom. The quantitative estimate of drug-likeness (QED) is 0.265. The van der Waals surface area contributed by atoms with E-state index in [9.17, 15) is 9.59 Å². The van der Waals surface area contributed by atoms with Crippen LogP contribution in [0.1, 0.15) is 16.2 Å². The van der Waals surface area contributed by atoms with Crippen molar-refractivity contribution in [1.82, 2.24) is 14.5 Å². The number of fused-ring (bicyclic) bond motifs is 1. The van der Waals surface area contributed by atoms with Gasteiger partial charge in [-0.2, -0.15) is 0 Å². The second kappa shape index (κ2) is 13.5. The molecule has 0 spiro atoms. The Bertz CT molecular complexity index is 1830. The molecule has 3 aromatic carbocycles. The molecule has 0 saturated carbocycles. The van der Waals surface area contributed by atoms with Gasteiger partial charge in [-0.1, -0.05) is 6.07 Å². The first-order valence-corrected chi connectivity index (χ1v) is 13.5. The summed E-state index contributed by atoms with van der Waals surface area (Å²) in [5, 5.41) is 0.913. The van der Waals surface area contributed by atoms with Crippen molar-refractivity contribution in [2.75, 3.05) is 35.4 Å². The largest absolute Gasteiger partial charge is 1.00 e. The molecule has 0 unspecified atom stereocenters. The van der Waals surface area contributed by atoms with E-state index in [2.05, 4.69) is 10.7 Å². The summed E-state index contributed by atoms with van der Waals surface area (Å²) >= 11 is 0. The monoisotopic (exact) mass is 616 g/mol. The molecule has 0 aliphatic carbocycles. The van der Waals surface area contributed by atoms with Crippen LogP contribution in [0.25, 0.3) is 27.6 Å².